The van der Waals surface area contributed by atoms with Gasteiger partial charge in [-0.25, -0.2) is 0 Å². The maximum absolute atomic E-state index is 12.3. The number of hydrogen-bond acceptors (Lipinski definition) is 3. The van der Waals surface area contributed by atoms with E-state index in [1.54, 1.807) is 0 Å². The van der Waals surface area contributed by atoms with Gasteiger partial charge in [-0.15, -0.1) is 0 Å². The number of nitrogens with zero attached hydrogens (tertiary/aromatic N) is 1. The minimum Gasteiger partial charge on any atom is -0.369 e. The van der Waals surface area contributed by atoms with Crippen LogP contribution in [0.5, 0.6) is 0 Å². The van der Waals surface area contributed by atoms with Crippen molar-refractivity contribution in [2.75, 3.05) is 13.1 Å². The van der Waals surface area contributed by atoms with Crippen LogP contribution in [0.1, 0.15) is 15.9 Å². The Morgan fingerprint density at radius 3 is 2.25 bits per heavy atom. The van der Waals surface area contributed by atoms with E-state index in [1.165, 1.54) is 0 Å². The van der Waals surface area contributed by atoms with Crippen LogP contribution in [0.4, 0.5) is 0 Å². The van der Waals surface area contributed by atoms with Crippen molar-refractivity contribution in [3.8, 4) is 0 Å². The van der Waals surface area contributed by atoms with Crippen LogP contribution in [0, 0.1) is 5.92 Å². The van der Waals surface area contributed by atoms with Crippen molar-refractivity contribution >= 4 is 11.6 Å². The minimum absolute atomic E-state index is 0.0788. The van der Waals surface area contributed by atoms with E-state index in [9.17, 15) is 4.79 Å². The molecule has 20 heavy (non-hydrogen) atoms. The van der Waals surface area contributed by atoms with Gasteiger partial charge in [0.25, 0.3) is 0 Å². The lowest BCUT2D eigenvalue weighted by Gasteiger charge is -2.22. The number of benzene rings is 2. The highest BCUT2D eigenvalue weighted by Crippen LogP contribution is 2.13. The smallest absolute Gasteiger partial charge is 0.169 e. The summed E-state index contributed by atoms with van der Waals surface area (Å²) >= 11 is 0. The first-order valence-corrected chi connectivity index (χ1v) is 6.77. The normalized spacial score (nSPS) is 18.0. The summed E-state index contributed by atoms with van der Waals surface area (Å²) in [5, 5.41) is 3.27. The quantitative estimate of drug-likeness (QED) is 0.866. The molecule has 1 unspecified atom stereocenters. The summed E-state index contributed by atoms with van der Waals surface area (Å²) in [6, 6.07) is 19.4. The van der Waals surface area contributed by atoms with Gasteiger partial charge in [0.2, 0.25) is 0 Å². The highest BCUT2D eigenvalue weighted by atomic mass is 16.1. The van der Waals surface area contributed by atoms with Crippen LogP contribution in [0.3, 0.4) is 0 Å². The molecule has 1 atom stereocenters. The molecule has 0 saturated carbocycles. The number of amidine groups is 1. The molecule has 1 aliphatic rings. The van der Waals surface area contributed by atoms with Crippen molar-refractivity contribution < 1.29 is 4.79 Å². The SMILES string of the molecule is O=C(c1ccccc1)C1CN=C(c2ccccc2)NC1. The van der Waals surface area contributed by atoms with E-state index in [1.807, 2.05) is 60.7 Å². The first-order valence-electron chi connectivity index (χ1n) is 6.77. The summed E-state index contributed by atoms with van der Waals surface area (Å²) in [5.41, 5.74) is 1.83. The molecule has 0 aromatic heterocycles. The van der Waals surface area contributed by atoms with Crippen molar-refractivity contribution in [1.29, 1.82) is 0 Å². The highest BCUT2D eigenvalue weighted by molar-refractivity contribution is 6.02. The molecule has 0 bridgehead atoms. The first kappa shape index (κ1) is 12.6. The van der Waals surface area contributed by atoms with E-state index in [-0.39, 0.29) is 11.7 Å². The van der Waals surface area contributed by atoms with Crippen molar-refractivity contribution in [1.82, 2.24) is 5.32 Å². The Bertz CT molecular complexity index is 620. The average molecular weight is 264 g/mol. The Labute approximate surface area is 118 Å². The number of Topliss-reactive ketones (excluding diaryl/α,β-unsaturated/α-hetero) is 1. The lowest BCUT2D eigenvalue weighted by atomic mass is 9.96. The van der Waals surface area contributed by atoms with Crippen LogP contribution >= 0.6 is 0 Å². The van der Waals surface area contributed by atoms with Crippen LogP contribution in [-0.4, -0.2) is 24.7 Å². The van der Waals surface area contributed by atoms with Gasteiger partial charge in [-0.2, -0.15) is 0 Å². The molecule has 0 radical (unpaired) electrons. The Morgan fingerprint density at radius 1 is 1.00 bits per heavy atom. The summed E-state index contributed by atoms with van der Waals surface area (Å²) in [5.74, 6) is 0.960. The second kappa shape index (κ2) is 5.70. The average Bonchev–Trinajstić information content (AvgIpc) is 2.56. The number of carbonyl (C=O) groups excluding carboxylic acids is 1. The minimum atomic E-state index is -0.0788. The van der Waals surface area contributed by atoms with Gasteiger partial charge in [0.1, 0.15) is 5.84 Å². The van der Waals surface area contributed by atoms with Crippen LogP contribution < -0.4 is 5.32 Å². The summed E-state index contributed by atoms with van der Waals surface area (Å²) in [7, 11) is 0. The largest absolute Gasteiger partial charge is 0.369 e. The first-order chi connectivity index (χ1) is 9.84. The summed E-state index contributed by atoms with van der Waals surface area (Å²) in [6.45, 7) is 1.19. The molecule has 100 valence electrons. The number of ketones is 1. The van der Waals surface area contributed by atoms with Gasteiger partial charge < -0.3 is 5.32 Å². The van der Waals surface area contributed by atoms with E-state index in [4.69, 9.17) is 0 Å². The molecule has 1 N–H and O–H groups in total. The number of aliphatic imine (C=N–C) groups is 1. The standard InChI is InChI=1S/C17H16N2O/c20-16(13-7-3-1-4-8-13)15-11-18-17(19-12-15)14-9-5-2-6-10-14/h1-10,15H,11-12H2,(H,18,19). The van der Waals surface area contributed by atoms with Crippen LogP contribution in [0.2, 0.25) is 0 Å². The van der Waals surface area contributed by atoms with Crippen LogP contribution in [0.25, 0.3) is 0 Å². The fraction of sp³-hybridized carbons (Fsp3) is 0.176. The van der Waals surface area contributed by atoms with Gasteiger partial charge in [-0.05, 0) is 0 Å². The lowest BCUT2D eigenvalue weighted by Crippen LogP contribution is -2.39. The van der Waals surface area contributed by atoms with E-state index < -0.39 is 0 Å². The van der Waals surface area contributed by atoms with E-state index >= 15 is 0 Å². The molecular formula is C17H16N2O. The monoisotopic (exact) mass is 264 g/mol. The van der Waals surface area contributed by atoms with Crippen molar-refractivity contribution in [3.63, 3.8) is 0 Å². The molecule has 0 amide bonds. The topological polar surface area (TPSA) is 41.5 Å². The second-order valence-electron chi connectivity index (χ2n) is 4.86. The molecule has 3 rings (SSSR count). The predicted molar refractivity (Wildman–Crippen MR) is 80.1 cm³/mol. The molecule has 0 saturated heterocycles. The molecular weight excluding hydrogens is 248 g/mol. The lowest BCUT2D eigenvalue weighted by molar-refractivity contribution is 0.0924. The molecule has 2 aromatic carbocycles. The summed E-state index contributed by atoms with van der Waals surface area (Å²) in [6.07, 6.45) is 0. The second-order valence-corrected chi connectivity index (χ2v) is 4.86. The summed E-state index contributed by atoms with van der Waals surface area (Å²) in [4.78, 5) is 16.8. The maximum Gasteiger partial charge on any atom is 0.169 e. The zero-order valence-electron chi connectivity index (χ0n) is 11.1. The zero-order valence-corrected chi connectivity index (χ0v) is 11.1. The van der Waals surface area contributed by atoms with Gasteiger partial charge in [0, 0.05) is 17.7 Å². The van der Waals surface area contributed by atoms with Crippen LogP contribution in [-0.2, 0) is 0 Å². The van der Waals surface area contributed by atoms with E-state index in [0.717, 1.165) is 17.0 Å². The summed E-state index contributed by atoms with van der Waals surface area (Å²) < 4.78 is 0. The molecule has 2 aromatic rings. The van der Waals surface area contributed by atoms with Crippen molar-refractivity contribution in [2.45, 2.75) is 0 Å². The van der Waals surface area contributed by atoms with Gasteiger partial charge in [0.15, 0.2) is 5.78 Å². The van der Waals surface area contributed by atoms with Gasteiger partial charge in [-0.1, -0.05) is 60.7 Å². The third-order valence-corrected chi connectivity index (χ3v) is 3.46. The molecule has 1 aliphatic heterocycles. The molecule has 1 heterocycles. The molecule has 0 aliphatic carbocycles. The third kappa shape index (κ3) is 2.62. The molecule has 3 heteroatoms. The number of nitrogens with one attached hydrogen (secondary N) is 1. The fourth-order valence-electron chi connectivity index (χ4n) is 2.34. The number of hydrogen-bond donors (Lipinski definition) is 1. The van der Waals surface area contributed by atoms with Crippen molar-refractivity contribution in [3.05, 3.63) is 71.8 Å². The van der Waals surface area contributed by atoms with Crippen molar-refractivity contribution in [2.24, 2.45) is 10.9 Å². The number of rotatable bonds is 3. The highest BCUT2D eigenvalue weighted by Gasteiger charge is 2.23. The number of carbonyl (C=O) groups is 1. The van der Waals surface area contributed by atoms with Gasteiger partial charge in [0.05, 0.1) is 12.5 Å². The van der Waals surface area contributed by atoms with E-state index in [2.05, 4.69) is 10.3 Å². The van der Waals surface area contributed by atoms with Gasteiger partial charge in [-0.3, -0.25) is 9.79 Å². The third-order valence-electron chi connectivity index (χ3n) is 3.46. The Balaban J connectivity index is 1.72. The predicted octanol–water partition coefficient (Wildman–Crippen LogP) is 2.54. The Hall–Kier alpha value is -2.42. The molecule has 0 spiro atoms. The fourth-order valence-corrected chi connectivity index (χ4v) is 2.34. The van der Waals surface area contributed by atoms with E-state index in [0.29, 0.717) is 13.1 Å². The van der Waals surface area contributed by atoms with Gasteiger partial charge >= 0.3 is 0 Å². The Kier molecular flexibility index (Phi) is 3.59. The maximum atomic E-state index is 12.3. The molecule has 0 fully saturated rings. The Morgan fingerprint density at radius 2 is 1.65 bits per heavy atom. The van der Waals surface area contributed by atoms with Crippen LogP contribution in [0.15, 0.2) is 65.7 Å². The molecule has 3 nitrogen and oxygen atoms in total. The zero-order chi connectivity index (χ0) is 13.8.